The molecule has 0 fully saturated rings. The van der Waals surface area contributed by atoms with Gasteiger partial charge in [0, 0.05) is 0 Å². The predicted molar refractivity (Wildman–Crippen MR) is 83.7 cm³/mol. The Kier molecular flexibility index (Phi) is 4.09. The third kappa shape index (κ3) is 3.26. The smallest absolute Gasteiger partial charge is 0.00228 e. The van der Waals surface area contributed by atoms with Crippen molar-refractivity contribution >= 4 is 0 Å². The van der Waals surface area contributed by atoms with E-state index in [-0.39, 0.29) is 5.41 Å². The fourth-order valence-corrected chi connectivity index (χ4v) is 2.48. The van der Waals surface area contributed by atoms with Gasteiger partial charge in [-0.1, -0.05) is 74.9 Å². The fourth-order valence-electron chi connectivity index (χ4n) is 2.48. The molecule has 0 aromatic heterocycles. The minimum absolute atomic E-state index is 0.246. The molecule has 0 radical (unpaired) electrons. The third-order valence-corrected chi connectivity index (χ3v) is 4.12. The molecule has 0 aliphatic carbocycles. The maximum absolute atomic E-state index is 2.36. The number of hydrogen-bond donors (Lipinski definition) is 0. The summed E-state index contributed by atoms with van der Waals surface area (Å²) >= 11 is 0. The molecular formula is C19H24. The van der Waals surface area contributed by atoms with Crippen LogP contribution in [-0.2, 0) is 11.8 Å². The van der Waals surface area contributed by atoms with Gasteiger partial charge in [-0.25, -0.2) is 0 Å². The molecule has 0 saturated heterocycles. The molecular weight excluding hydrogens is 228 g/mol. The molecule has 0 unspecified atom stereocenters. The van der Waals surface area contributed by atoms with Gasteiger partial charge in [-0.05, 0) is 41.9 Å². The Morgan fingerprint density at radius 2 is 1.63 bits per heavy atom. The first-order valence-corrected chi connectivity index (χ1v) is 7.17. The summed E-state index contributed by atoms with van der Waals surface area (Å²) in [7, 11) is 0. The van der Waals surface area contributed by atoms with Gasteiger partial charge >= 0.3 is 0 Å². The van der Waals surface area contributed by atoms with E-state index >= 15 is 0 Å². The van der Waals surface area contributed by atoms with Gasteiger partial charge < -0.3 is 0 Å². The van der Waals surface area contributed by atoms with Crippen molar-refractivity contribution in [2.75, 3.05) is 0 Å². The molecule has 0 aliphatic heterocycles. The second kappa shape index (κ2) is 5.61. The summed E-state index contributed by atoms with van der Waals surface area (Å²) in [6, 6.07) is 17.6. The molecule has 2 aromatic carbocycles. The Morgan fingerprint density at radius 1 is 0.947 bits per heavy atom. The molecule has 100 valence electrons. The van der Waals surface area contributed by atoms with E-state index in [2.05, 4.69) is 76.2 Å². The highest BCUT2D eigenvalue weighted by molar-refractivity contribution is 5.39. The van der Waals surface area contributed by atoms with Crippen molar-refractivity contribution in [2.24, 2.45) is 0 Å². The largest absolute Gasteiger partial charge is 0.0646 e. The van der Waals surface area contributed by atoms with Crippen molar-refractivity contribution in [3.8, 4) is 0 Å². The van der Waals surface area contributed by atoms with Crippen molar-refractivity contribution < 1.29 is 0 Å². The van der Waals surface area contributed by atoms with Crippen LogP contribution in [0.25, 0.3) is 0 Å². The fraction of sp³-hybridized carbons (Fsp3) is 0.368. The van der Waals surface area contributed by atoms with Gasteiger partial charge in [-0.15, -0.1) is 0 Å². The minimum Gasteiger partial charge on any atom is -0.0646 e. The van der Waals surface area contributed by atoms with E-state index in [4.69, 9.17) is 0 Å². The molecule has 0 bridgehead atoms. The molecule has 19 heavy (non-hydrogen) atoms. The number of hydrogen-bond acceptors (Lipinski definition) is 0. The molecule has 0 aliphatic rings. The molecule has 0 N–H and O–H groups in total. The van der Waals surface area contributed by atoms with E-state index in [1.54, 1.807) is 0 Å². The van der Waals surface area contributed by atoms with E-state index < -0.39 is 0 Å². The van der Waals surface area contributed by atoms with Crippen LogP contribution in [0.4, 0.5) is 0 Å². The zero-order valence-corrected chi connectivity index (χ0v) is 12.5. The second-order valence-corrected chi connectivity index (χ2v) is 6.06. The third-order valence-electron chi connectivity index (χ3n) is 4.12. The van der Waals surface area contributed by atoms with Gasteiger partial charge in [-0.2, -0.15) is 0 Å². The molecule has 0 heterocycles. The summed E-state index contributed by atoms with van der Waals surface area (Å²) < 4.78 is 0. The van der Waals surface area contributed by atoms with Crippen LogP contribution in [0.5, 0.6) is 0 Å². The van der Waals surface area contributed by atoms with Crippen molar-refractivity contribution in [2.45, 2.75) is 46.0 Å². The lowest BCUT2D eigenvalue weighted by Crippen LogP contribution is -2.18. The van der Waals surface area contributed by atoms with Crippen LogP contribution in [0.3, 0.4) is 0 Å². The highest BCUT2D eigenvalue weighted by Gasteiger charge is 2.21. The van der Waals surface area contributed by atoms with E-state index in [0.717, 1.165) is 12.8 Å². The monoisotopic (exact) mass is 252 g/mol. The molecule has 0 saturated carbocycles. The topological polar surface area (TPSA) is 0 Å². The van der Waals surface area contributed by atoms with Crippen LogP contribution in [-0.4, -0.2) is 0 Å². The summed E-state index contributed by atoms with van der Waals surface area (Å²) in [5.74, 6) is 0. The van der Waals surface area contributed by atoms with Gasteiger partial charge in [0.25, 0.3) is 0 Å². The van der Waals surface area contributed by atoms with Crippen LogP contribution in [0, 0.1) is 6.92 Å². The highest BCUT2D eigenvalue weighted by atomic mass is 14.3. The average Bonchev–Trinajstić information content (AvgIpc) is 2.42. The van der Waals surface area contributed by atoms with Crippen LogP contribution >= 0.6 is 0 Å². The average molecular weight is 252 g/mol. The lowest BCUT2D eigenvalue weighted by atomic mass is 9.78. The lowest BCUT2D eigenvalue weighted by Gasteiger charge is -2.27. The SMILES string of the molecule is CCC(C)(C)c1cc(C)ccc1Cc1ccccc1. The molecule has 0 spiro atoms. The normalized spacial score (nSPS) is 11.6. The zero-order chi connectivity index (χ0) is 13.9. The summed E-state index contributed by atoms with van der Waals surface area (Å²) in [4.78, 5) is 0. The standard InChI is InChI=1S/C19H24/c1-5-19(3,4)18-13-15(2)11-12-17(18)14-16-9-7-6-8-10-16/h6-13H,5,14H2,1-4H3. The quantitative estimate of drug-likeness (QED) is 0.695. The number of aryl methyl sites for hydroxylation is 1. The Morgan fingerprint density at radius 3 is 2.26 bits per heavy atom. The lowest BCUT2D eigenvalue weighted by molar-refractivity contribution is 0.502. The summed E-state index contributed by atoms with van der Waals surface area (Å²) in [6.45, 7) is 9.14. The maximum atomic E-state index is 2.36. The number of rotatable bonds is 4. The van der Waals surface area contributed by atoms with Gasteiger partial charge in [-0.3, -0.25) is 0 Å². The van der Waals surface area contributed by atoms with Gasteiger partial charge in [0.2, 0.25) is 0 Å². The Hall–Kier alpha value is -1.56. The van der Waals surface area contributed by atoms with Crippen molar-refractivity contribution in [3.05, 3.63) is 70.8 Å². The molecule has 0 heteroatoms. The maximum Gasteiger partial charge on any atom is -0.00228 e. The van der Waals surface area contributed by atoms with Crippen molar-refractivity contribution in [1.82, 2.24) is 0 Å². The first-order valence-electron chi connectivity index (χ1n) is 7.17. The van der Waals surface area contributed by atoms with Gasteiger partial charge in [0.1, 0.15) is 0 Å². The van der Waals surface area contributed by atoms with E-state index in [9.17, 15) is 0 Å². The second-order valence-electron chi connectivity index (χ2n) is 6.06. The van der Waals surface area contributed by atoms with Crippen LogP contribution < -0.4 is 0 Å². The zero-order valence-electron chi connectivity index (χ0n) is 12.5. The van der Waals surface area contributed by atoms with Crippen LogP contribution in [0.2, 0.25) is 0 Å². The molecule has 2 aromatic rings. The van der Waals surface area contributed by atoms with Gasteiger partial charge in [0.15, 0.2) is 0 Å². The molecule has 0 amide bonds. The molecule has 0 nitrogen and oxygen atoms in total. The summed E-state index contributed by atoms with van der Waals surface area (Å²) in [5.41, 5.74) is 5.95. The summed E-state index contributed by atoms with van der Waals surface area (Å²) in [5, 5.41) is 0. The van der Waals surface area contributed by atoms with Crippen molar-refractivity contribution in [3.63, 3.8) is 0 Å². The van der Waals surface area contributed by atoms with E-state index in [1.807, 2.05) is 0 Å². The highest BCUT2D eigenvalue weighted by Crippen LogP contribution is 2.31. The van der Waals surface area contributed by atoms with E-state index in [0.29, 0.717) is 0 Å². The van der Waals surface area contributed by atoms with Crippen LogP contribution in [0.15, 0.2) is 48.5 Å². The first-order chi connectivity index (χ1) is 9.03. The van der Waals surface area contributed by atoms with Crippen molar-refractivity contribution in [1.29, 1.82) is 0 Å². The summed E-state index contributed by atoms with van der Waals surface area (Å²) in [6.07, 6.45) is 2.19. The number of benzene rings is 2. The molecule has 0 atom stereocenters. The Balaban J connectivity index is 2.40. The van der Waals surface area contributed by atoms with E-state index in [1.165, 1.54) is 22.3 Å². The first kappa shape index (κ1) is 13.9. The minimum atomic E-state index is 0.246. The Labute approximate surface area is 117 Å². The van der Waals surface area contributed by atoms with Crippen LogP contribution in [0.1, 0.15) is 49.4 Å². The Bertz CT molecular complexity index is 535. The molecule has 2 rings (SSSR count). The predicted octanol–water partition coefficient (Wildman–Crippen LogP) is 5.27. The van der Waals surface area contributed by atoms with Gasteiger partial charge in [0.05, 0.1) is 0 Å².